The van der Waals surface area contributed by atoms with Gasteiger partial charge in [0.25, 0.3) is 0 Å². The molecule has 0 spiro atoms. The number of aryl methyl sites for hydroxylation is 3. The largest absolute Gasteiger partial charge is 0.384 e. The molecule has 0 aliphatic heterocycles. The topological polar surface area (TPSA) is 20.2 Å². The average molecular weight is 305 g/mol. The number of hydrogen-bond acceptors (Lipinski definition) is 1. The first-order valence-electron chi connectivity index (χ1n) is 6.00. The Hall–Kier alpha value is -1.12. The van der Waals surface area contributed by atoms with Crippen molar-refractivity contribution in [2.24, 2.45) is 0 Å². The zero-order chi connectivity index (χ0) is 13.3. The van der Waals surface area contributed by atoms with Crippen LogP contribution >= 0.6 is 15.9 Å². The van der Waals surface area contributed by atoms with Crippen molar-refractivity contribution >= 4 is 15.9 Å². The van der Waals surface area contributed by atoms with Crippen molar-refractivity contribution in [2.45, 2.75) is 26.9 Å². The van der Waals surface area contributed by atoms with Gasteiger partial charge < -0.3 is 5.11 Å². The summed E-state index contributed by atoms with van der Waals surface area (Å²) in [6.07, 6.45) is -0.558. The molecule has 0 amide bonds. The number of rotatable bonds is 2. The van der Waals surface area contributed by atoms with Gasteiger partial charge in [0.15, 0.2) is 0 Å². The molecule has 1 nitrogen and oxygen atoms in total. The fourth-order valence-electron chi connectivity index (χ4n) is 2.06. The molecule has 0 radical (unpaired) electrons. The molecule has 0 aliphatic rings. The molecule has 2 rings (SSSR count). The molecule has 1 unspecified atom stereocenters. The van der Waals surface area contributed by atoms with Gasteiger partial charge in [-0.25, -0.2) is 0 Å². The predicted molar refractivity (Wildman–Crippen MR) is 78.9 cm³/mol. The van der Waals surface area contributed by atoms with Crippen molar-refractivity contribution in [3.8, 4) is 0 Å². The van der Waals surface area contributed by atoms with Gasteiger partial charge in [-0.05, 0) is 60.7 Å². The Morgan fingerprint density at radius 2 is 1.61 bits per heavy atom. The van der Waals surface area contributed by atoms with Crippen molar-refractivity contribution < 1.29 is 5.11 Å². The van der Waals surface area contributed by atoms with E-state index in [9.17, 15) is 5.11 Å². The molecule has 2 aromatic carbocycles. The normalized spacial score (nSPS) is 12.5. The van der Waals surface area contributed by atoms with Crippen LogP contribution in [-0.4, -0.2) is 5.11 Å². The van der Waals surface area contributed by atoms with Gasteiger partial charge in [-0.1, -0.05) is 40.2 Å². The molecule has 0 fully saturated rings. The van der Waals surface area contributed by atoms with E-state index < -0.39 is 6.10 Å². The second kappa shape index (κ2) is 5.25. The Morgan fingerprint density at radius 1 is 0.889 bits per heavy atom. The molecule has 0 aliphatic carbocycles. The maximum absolute atomic E-state index is 10.5. The van der Waals surface area contributed by atoms with Crippen LogP contribution < -0.4 is 0 Å². The Labute approximate surface area is 117 Å². The number of benzene rings is 2. The quantitative estimate of drug-likeness (QED) is 0.868. The van der Waals surface area contributed by atoms with Crippen LogP contribution in [0, 0.1) is 20.8 Å². The highest BCUT2D eigenvalue weighted by Gasteiger charge is 2.13. The molecule has 94 valence electrons. The molecule has 0 bridgehead atoms. The van der Waals surface area contributed by atoms with Gasteiger partial charge in [-0.15, -0.1) is 0 Å². The van der Waals surface area contributed by atoms with Crippen molar-refractivity contribution in [1.82, 2.24) is 0 Å². The highest BCUT2D eigenvalue weighted by molar-refractivity contribution is 9.10. The van der Waals surface area contributed by atoms with E-state index in [-0.39, 0.29) is 0 Å². The maximum Gasteiger partial charge on any atom is 0.104 e. The van der Waals surface area contributed by atoms with Crippen molar-refractivity contribution in [3.63, 3.8) is 0 Å². The third kappa shape index (κ3) is 2.65. The Bertz CT molecular complexity index is 575. The standard InChI is InChI=1S/C16H17BrO/c1-10-4-5-13(8-11(10)2)16(18)15-7-6-14(17)9-12(15)3/h4-9,16,18H,1-3H3. The molecule has 18 heavy (non-hydrogen) atoms. The molecule has 0 saturated carbocycles. The Morgan fingerprint density at radius 3 is 2.22 bits per heavy atom. The smallest absolute Gasteiger partial charge is 0.104 e. The lowest BCUT2D eigenvalue weighted by molar-refractivity contribution is 0.219. The third-order valence-corrected chi connectivity index (χ3v) is 3.87. The summed E-state index contributed by atoms with van der Waals surface area (Å²) in [6, 6.07) is 12.1. The van der Waals surface area contributed by atoms with Crippen LogP contribution in [0.15, 0.2) is 40.9 Å². The predicted octanol–water partition coefficient (Wildman–Crippen LogP) is 4.46. The maximum atomic E-state index is 10.5. The van der Waals surface area contributed by atoms with Crippen LogP contribution in [-0.2, 0) is 0 Å². The first kappa shape index (κ1) is 13.3. The van der Waals surface area contributed by atoms with Crippen LogP contribution in [0.1, 0.15) is 33.9 Å². The molecule has 1 N–H and O–H groups in total. The average Bonchev–Trinajstić information content (AvgIpc) is 2.32. The fourth-order valence-corrected chi connectivity index (χ4v) is 2.54. The van der Waals surface area contributed by atoms with Gasteiger partial charge in [0, 0.05) is 4.47 Å². The lowest BCUT2D eigenvalue weighted by atomic mass is 9.95. The second-order valence-corrected chi connectivity index (χ2v) is 5.66. The van der Waals surface area contributed by atoms with Gasteiger partial charge >= 0.3 is 0 Å². The van der Waals surface area contributed by atoms with Gasteiger partial charge in [-0.3, -0.25) is 0 Å². The minimum atomic E-state index is -0.558. The first-order valence-corrected chi connectivity index (χ1v) is 6.79. The van der Waals surface area contributed by atoms with Crippen molar-refractivity contribution in [1.29, 1.82) is 0 Å². The van der Waals surface area contributed by atoms with Crippen LogP contribution in [0.2, 0.25) is 0 Å². The molecule has 0 saturated heterocycles. The van der Waals surface area contributed by atoms with Gasteiger partial charge in [0.2, 0.25) is 0 Å². The fraction of sp³-hybridized carbons (Fsp3) is 0.250. The number of aliphatic hydroxyl groups excluding tert-OH is 1. The summed E-state index contributed by atoms with van der Waals surface area (Å²) in [5, 5.41) is 10.5. The molecule has 1 atom stereocenters. The Balaban J connectivity index is 2.41. The van der Waals surface area contributed by atoms with E-state index in [2.05, 4.69) is 41.9 Å². The van der Waals surface area contributed by atoms with Crippen LogP contribution in [0.4, 0.5) is 0 Å². The molecular weight excluding hydrogens is 288 g/mol. The summed E-state index contributed by atoms with van der Waals surface area (Å²) in [4.78, 5) is 0. The van der Waals surface area contributed by atoms with Crippen LogP contribution in [0.3, 0.4) is 0 Å². The summed E-state index contributed by atoms with van der Waals surface area (Å²) < 4.78 is 1.04. The number of hydrogen-bond donors (Lipinski definition) is 1. The van der Waals surface area contributed by atoms with E-state index in [0.29, 0.717) is 0 Å². The monoisotopic (exact) mass is 304 g/mol. The molecule has 0 aromatic heterocycles. The van der Waals surface area contributed by atoms with Crippen molar-refractivity contribution in [2.75, 3.05) is 0 Å². The summed E-state index contributed by atoms with van der Waals surface area (Å²) in [6.45, 7) is 6.17. The number of halogens is 1. The van der Waals surface area contributed by atoms with E-state index in [4.69, 9.17) is 0 Å². The van der Waals surface area contributed by atoms with E-state index in [1.807, 2.05) is 31.2 Å². The SMILES string of the molecule is Cc1ccc(C(O)c2ccc(Br)cc2C)cc1C. The zero-order valence-electron chi connectivity index (χ0n) is 10.9. The summed E-state index contributed by atoms with van der Waals surface area (Å²) >= 11 is 3.44. The van der Waals surface area contributed by atoms with Gasteiger partial charge in [0.05, 0.1) is 0 Å². The number of aliphatic hydroxyl groups is 1. The third-order valence-electron chi connectivity index (χ3n) is 3.37. The lowest BCUT2D eigenvalue weighted by Crippen LogP contribution is -2.02. The van der Waals surface area contributed by atoms with E-state index in [1.165, 1.54) is 11.1 Å². The molecule has 2 heteroatoms. The highest BCUT2D eigenvalue weighted by Crippen LogP contribution is 2.27. The zero-order valence-corrected chi connectivity index (χ0v) is 12.5. The summed E-state index contributed by atoms with van der Waals surface area (Å²) in [7, 11) is 0. The Kier molecular flexibility index (Phi) is 3.88. The van der Waals surface area contributed by atoms with E-state index in [0.717, 1.165) is 21.2 Å². The highest BCUT2D eigenvalue weighted by atomic mass is 79.9. The van der Waals surface area contributed by atoms with E-state index >= 15 is 0 Å². The van der Waals surface area contributed by atoms with Gasteiger partial charge in [0.1, 0.15) is 6.10 Å². The minimum Gasteiger partial charge on any atom is -0.384 e. The molecule has 0 heterocycles. The minimum absolute atomic E-state index is 0.558. The van der Waals surface area contributed by atoms with Crippen molar-refractivity contribution in [3.05, 3.63) is 68.7 Å². The summed E-state index contributed by atoms with van der Waals surface area (Å²) in [5.41, 5.74) is 5.46. The molecular formula is C16H17BrO. The molecule has 2 aromatic rings. The first-order chi connectivity index (χ1) is 8.49. The lowest BCUT2D eigenvalue weighted by Gasteiger charge is -2.15. The van der Waals surface area contributed by atoms with Crippen LogP contribution in [0.5, 0.6) is 0 Å². The van der Waals surface area contributed by atoms with Crippen LogP contribution in [0.25, 0.3) is 0 Å². The van der Waals surface area contributed by atoms with Gasteiger partial charge in [-0.2, -0.15) is 0 Å². The van der Waals surface area contributed by atoms with E-state index in [1.54, 1.807) is 0 Å². The second-order valence-electron chi connectivity index (χ2n) is 4.75. The summed E-state index contributed by atoms with van der Waals surface area (Å²) in [5.74, 6) is 0.